The zero-order valence-electron chi connectivity index (χ0n) is 20.0. The predicted octanol–water partition coefficient (Wildman–Crippen LogP) is 9.45. The number of hydrogen-bond acceptors (Lipinski definition) is 1. The molecule has 0 aromatic heterocycles. The van der Waals surface area contributed by atoms with Gasteiger partial charge in [0, 0.05) is 6.42 Å². The lowest BCUT2D eigenvalue weighted by Crippen LogP contribution is -2.74. The third kappa shape index (κ3) is 5.67. The molecule has 0 heterocycles. The normalized spacial score (nSPS) is 15.0. The Morgan fingerprint density at radius 1 is 0.675 bits per heavy atom. The maximum Gasteiger partial charge on any atom is 0.460 e. The summed E-state index contributed by atoms with van der Waals surface area (Å²) >= 11 is 0. The molecule has 0 fully saturated rings. The number of ether oxygens (including phenoxy) is 1. The molecule has 0 saturated carbocycles. The van der Waals surface area contributed by atoms with Gasteiger partial charge in [0.05, 0.1) is 6.10 Å². The van der Waals surface area contributed by atoms with E-state index in [0.29, 0.717) is 0 Å². The molecule has 0 aliphatic rings. The Kier molecular flexibility index (Phi) is 9.58. The van der Waals surface area contributed by atoms with E-state index in [0.717, 1.165) is 6.08 Å². The van der Waals surface area contributed by atoms with Crippen LogP contribution in [0.4, 0.5) is 74.6 Å². The molecule has 0 atom stereocenters. The number of alkyl halides is 17. The van der Waals surface area contributed by atoms with E-state index in [9.17, 15) is 74.6 Å². The van der Waals surface area contributed by atoms with Gasteiger partial charge in [-0.25, -0.2) is 0 Å². The summed E-state index contributed by atoms with van der Waals surface area (Å²) in [5.41, 5.74) is 0.195. The average molecular weight is 622 g/mol. The molecule has 1 aromatic rings. The Morgan fingerprint density at radius 3 is 1.50 bits per heavy atom. The average Bonchev–Trinajstić information content (AvgIpc) is 2.77. The van der Waals surface area contributed by atoms with Crippen molar-refractivity contribution in [3.63, 3.8) is 0 Å². The van der Waals surface area contributed by atoms with Crippen molar-refractivity contribution in [2.45, 2.75) is 86.8 Å². The number of rotatable bonds is 13. The topological polar surface area (TPSA) is 9.23 Å². The van der Waals surface area contributed by atoms with Gasteiger partial charge < -0.3 is 4.74 Å². The van der Waals surface area contributed by atoms with Gasteiger partial charge in [0.2, 0.25) is 0 Å². The fourth-order valence-corrected chi connectivity index (χ4v) is 3.19. The second-order valence-electron chi connectivity index (χ2n) is 8.73. The van der Waals surface area contributed by atoms with Gasteiger partial charge >= 0.3 is 47.6 Å². The van der Waals surface area contributed by atoms with Crippen molar-refractivity contribution < 1.29 is 79.4 Å². The molecule has 1 aromatic carbocycles. The minimum atomic E-state index is -8.62. The van der Waals surface area contributed by atoms with E-state index >= 15 is 0 Å². The Bertz CT molecular complexity index is 1040. The fourth-order valence-electron chi connectivity index (χ4n) is 3.19. The molecule has 0 N–H and O–H groups in total. The monoisotopic (exact) mass is 622 g/mol. The van der Waals surface area contributed by atoms with Gasteiger partial charge in [-0.15, -0.1) is 0 Å². The second kappa shape index (κ2) is 10.8. The van der Waals surface area contributed by atoms with Crippen molar-refractivity contribution in [1.82, 2.24) is 0 Å². The van der Waals surface area contributed by atoms with Crippen LogP contribution in [-0.2, 0) is 6.42 Å². The molecule has 0 saturated heterocycles. The SMILES string of the molecule is C=Cc1cc(OC(C)C)ccc1CCCC(F)(F)C(F)(F)C(F)(F)C(F)(F)C(F)(F)C(F)(F)C(F)(F)C(F)(F)F. The highest BCUT2D eigenvalue weighted by Gasteiger charge is 2.95. The Balaban J connectivity index is 3.32. The Hall–Kier alpha value is -2.43. The minimum Gasteiger partial charge on any atom is -0.491 e. The fraction of sp³-hybridized carbons (Fsp3) is 0.636. The summed E-state index contributed by atoms with van der Waals surface area (Å²) in [4.78, 5) is 0. The Labute approximate surface area is 215 Å². The molecule has 18 heteroatoms. The first-order chi connectivity index (χ1) is 17.6. The first kappa shape index (κ1) is 35.6. The number of benzene rings is 1. The van der Waals surface area contributed by atoms with Crippen LogP contribution in [0.25, 0.3) is 6.08 Å². The lowest BCUT2D eigenvalue weighted by molar-refractivity contribution is -0.461. The lowest BCUT2D eigenvalue weighted by Gasteiger charge is -2.42. The molecular formula is C22H19F17O. The number of aryl methyl sites for hydroxylation is 1. The van der Waals surface area contributed by atoms with Gasteiger partial charge in [0.1, 0.15) is 5.75 Å². The summed E-state index contributed by atoms with van der Waals surface area (Å²) in [5.74, 6) is -56.0. The van der Waals surface area contributed by atoms with Crippen LogP contribution in [0.15, 0.2) is 24.8 Å². The van der Waals surface area contributed by atoms with Gasteiger partial charge in [-0.3, -0.25) is 0 Å². The second-order valence-corrected chi connectivity index (χ2v) is 8.73. The molecule has 0 spiro atoms. The van der Waals surface area contributed by atoms with Crippen LogP contribution in [0.1, 0.15) is 37.8 Å². The largest absolute Gasteiger partial charge is 0.491 e. The van der Waals surface area contributed by atoms with Crippen molar-refractivity contribution in [3.05, 3.63) is 35.9 Å². The molecule has 0 aliphatic carbocycles. The van der Waals surface area contributed by atoms with Crippen molar-refractivity contribution in [2.75, 3.05) is 0 Å². The maximum atomic E-state index is 14.1. The van der Waals surface area contributed by atoms with Crippen molar-refractivity contribution in [1.29, 1.82) is 0 Å². The summed E-state index contributed by atoms with van der Waals surface area (Å²) in [6.07, 6.45) is -11.4. The van der Waals surface area contributed by atoms with E-state index in [-0.39, 0.29) is 23.0 Å². The molecule has 0 unspecified atom stereocenters. The van der Waals surface area contributed by atoms with E-state index < -0.39 is 66.9 Å². The standard InChI is InChI=1S/C22H19F17O/c1-4-12-10-14(40-11(2)3)8-7-13(12)6-5-9-15(23,24)16(25,26)17(27,28)18(29,30)19(31,32)20(33,34)21(35,36)22(37,38)39/h4,7-8,10-11H,1,5-6,9H2,2-3H3. The van der Waals surface area contributed by atoms with Gasteiger partial charge in [0.25, 0.3) is 0 Å². The molecule has 1 nitrogen and oxygen atoms in total. The molecule has 0 bridgehead atoms. The van der Waals surface area contributed by atoms with Gasteiger partial charge in [0.15, 0.2) is 0 Å². The molecule has 0 aliphatic heterocycles. The highest BCUT2D eigenvalue weighted by Crippen LogP contribution is 2.64. The van der Waals surface area contributed by atoms with Crippen LogP contribution < -0.4 is 4.74 Å². The third-order valence-electron chi connectivity index (χ3n) is 5.43. The molecule has 0 amide bonds. The van der Waals surface area contributed by atoms with Crippen molar-refractivity contribution >= 4 is 6.08 Å². The first-order valence-corrected chi connectivity index (χ1v) is 10.7. The zero-order valence-corrected chi connectivity index (χ0v) is 20.0. The van der Waals surface area contributed by atoms with E-state index in [2.05, 4.69) is 6.58 Å². The van der Waals surface area contributed by atoms with E-state index in [1.807, 2.05) is 0 Å². The smallest absolute Gasteiger partial charge is 0.460 e. The predicted molar refractivity (Wildman–Crippen MR) is 106 cm³/mol. The quantitative estimate of drug-likeness (QED) is 0.199. The van der Waals surface area contributed by atoms with Gasteiger partial charge in [-0.05, 0) is 49.9 Å². The first-order valence-electron chi connectivity index (χ1n) is 10.7. The summed E-state index contributed by atoms with van der Waals surface area (Å²) < 4.78 is 232. The molecule has 232 valence electrons. The van der Waals surface area contributed by atoms with Crippen molar-refractivity contribution in [2.24, 2.45) is 0 Å². The molecular weight excluding hydrogens is 603 g/mol. The van der Waals surface area contributed by atoms with Crippen LogP contribution in [0, 0.1) is 0 Å². The van der Waals surface area contributed by atoms with Crippen molar-refractivity contribution in [3.8, 4) is 5.75 Å². The van der Waals surface area contributed by atoms with Gasteiger partial charge in [-0.1, -0.05) is 18.7 Å². The van der Waals surface area contributed by atoms with E-state index in [1.165, 1.54) is 18.2 Å². The molecule has 0 radical (unpaired) electrons. The number of hydrogen-bond donors (Lipinski definition) is 0. The summed E-state index contributed by atoms with van der Waals surface area (Å²) in [6.45, 7) is 6.63. The molecule has 40 heavy (non-hydrogen) atoms. The highest BCUT2D eigenvalue weighted by molar-refractivity contribution is 5.54. The highest BCUT2D eigenvalue weighted by atomic mass is 19.4. The van der Waals surface area contributed by atoms with E-state index in [4.69, 9.17) is 4.74 Å². The lowest BCUT2D eigenvalue weighted by atomic mass is 9.87. The minimum absolute atomic E-state index is 0.0443. The van der Waals surface area contributed by atoms with Crippen LogP contribution >= 0.6 is 0 Å². The van der Waals surface area contributed by atoms with Crippen LogP contribution in [0.5, 0.6) is 5.75 Å². The van der Waals surface area contributed by atoms with Crippen LogP contribution in [0.3, 0.4) is 0 Å². The summed E-state index contributed by atoms with van der Waals surface area (Å²) in [6, 6.07) is 3.75. The summed E-state index contributed by atoms with van der Waals surface area (Å²) in [7, 11) is 0. The number of halogens is 17. The molecule has 1 rings (SSSR count). The maximum absolute atomic E-state index is 14.1. The van der Waals surface area contributed by atoms with E-state index in [1.54, 1.807) is 13.8 Å². The summed E-state index contributed by atoms with van der Waals surface area (Å²) in [5, 5.41) is 0. The van der Waals surface area contributed by atoms with Crippen LogP contribution in [-0.4, -0.2) is 53.7 Å². The van der Waals surface area contributed by atoms with Gasteiger partial charge in [-0.2, -0.15) is 74.6 Å². The van der Waals surface area contributed by atoms with Crippen LogP contribution in [0.2, 0.25) is 0 Å². The Morgan fingerprint density at radius 2 is 1.10 bits per heavy atom. The third-order valence-corrected chi connectivity index (χ3v) is 5.43. The zero-order chi connectivity index (χ0) is 32.0.